The standard InChI is InChI=1S/C13H20N6O8S2/c1-5(19-29(24,25)26)7(10(21)22)17-9(20)8(6-4-28-12(15)16-6)18-27-13(2,3)11(14)23/h4-5,7,19H,1-3H3,(H2,14,23)(H2,15,16)(H,17,20)(H,21,22)(H,24,25,26)/b18-8-. The minimum absolute atomic E-state index is 0.0610. The Morgan fingerprint density at radius 2 is 1.97 bits per heavy atom. The number of hydrogen-bond acceptors (Lipinski definition) is 10. The van der Waals surface area contributed by atoms with E-state index in [9.17, 15) is 27.9 Å². The molecule has 0 aliphatic heterocycles. The molecule has 1 heterocycles. The molecule has 0 aromatic carbocycles. The van der Waals surface area contributed by atoms with Gasteiger partial charge in [0.2, 0.25) is 5.60 Å². The molecule has 1 aromatic rings. The number of aliphatic carboxylic acids is 1. The van der Waals surface area contributed by atoms with E-state index in [2.05, 4.69) is 10.1 Å². The lowest BCUT2D eigenvalue weighted by atomic mass is 10.1. The van der Waals surface area contributed by atoms with Gasteiger partial charge in [-0.2, -0.15) is 13.1 Å². The zero-order chi connectivity index (χ0) is 22.6. The van der Waals surface area contributed by atoms with Crippen molar-refractivity contribution in [2.24, 2.45) is 10.9 Å². The van der Waals surface area contributed by atoms with Crippen LogP contribution in [-0.4, -0.2) is 64.2 Å². The van der Waals surface area contributed by atoms with E-state index in [1.165, 1.54) is 19.2 Å². The number of nitrogens with two attached hydrogens (primary N) is 2. The second-order valence-electron chi connectivity index (χ2n) is 6.15. The molecule has 0 radical (unpaired) electrons. The van der Waals surface area contributed by atoms with Crippen molar-refractivity contribution < 1.29 is 37.3 Å². The number of anilines is 1. The van der Waals surface area contributed by atoms with Crippen LogP contribution in [0.25, 0.3) is 0 Å². The summed E-state index contributed by atoms with van der Waals surface area (Å²) in [5, 5.41) is 16.3. The monoisotopic (exact) mass is 452 g/mol. The number of rotatable bonds is 10. The van der Waals surface area contributed by atoms with E-state index in [0.29, 0.717) is 0 Å². The normalized spacial score (nSPS) is 14.7. The van der Waals surface area contributed by atoms with Crippen molar-refractivity contribution >= 4 is 50.3 Å². The summed E-state index contributed by atoms with van der Waals surface area (Å²) in [6.07, 6.45) is 0. The van der Waals surface area contributed by atoms with E-state index in [0.717, 1.165) is 18.3 Å². The number of nitrogens with one attached hydrogen (secondary N) is 2. The first kappa shape index (κ1) is 24.2. The molecule has 0 spiro atoms. The fourth-order valence-electron chi connectivity index (χ4n) is 1.72. The summed E-state index contributed by atoms with van der Waals surface area (Å²) in [5.74, 6) is -3.64. The van der Waals surface area contributed by atoms with Crippen LogP contribution in [0.15, 0.2) is 10.5 Å². The summed E-state index contributed by atoms with van der Waals surface area (Å²) in [6.45, 7) is 3.65. The first-order chi connectivity index (χ1) is 13.1. The Bertz CT molecular complexity index is 925. The van der Waals surface area contributed by atoms with Crippen molar-refractivity contribution in [1.82, 2.24) is 15.0 Å². The lowest BCUT2D eigenvalue weighted by molar-refractivity contribution is -0.141. The Morgan fingerprint density at radius 3 is 2.38 bits per heavy atom. The van der Waals surface area contributed by atoms with Gasteiger partial charge in [-0.3, -0.25) is 14.1 Å². The third-order valence-corrected chi connectivity index (χ3v) is 4.67. The number of aromatic nitrogens is 1. The second-order valence-corrected chi connectivity index (χ2v) is 8.22. The maximum absolute atomic E-state index is 12.6. The van der Waals surface area contributed by atoms with Crippen molar-refractivity contribution in [2.45, 2.75) is 38.5 Å². The van der Waals surface area contributed by atoms with Crippen molar-refractivity contribution in [3.05, 3.63) is 11.1 Å². The predicted molar refractivity (Wildman–Crippen MR) is 101 cm³/mol. The Balaban J connectivity index is 3.22. The quantitative estimate of drug-likeness (QED) is 0.130. The van der Waals surface area contributed by atoms with Crippen molar-refractivity contribution in [3.8, 4) is 0 Å². The Labute approximate surface area is 169 Å². The second kappa shape index (κ2) is 9.12. The Kier molecular flexibility index (Phi) is 7.62. The van der Waals surface area contributed by atoms with Crippen LogP contribution in [0.3, 0.4) is 0 Å². The smallest absolute Gasteiger partial charge is 0.333 e. The molecule has 0 aliphatic carbocycles. The van der Waals surface area contributed by atoms with Crippen LogP contribution in [0.2, 0.25) is 0 Å². The number of carboxylic acids is 1. The van der Waals surface area contributed by atoms with Gasteiger partial charge >= 0.3 is 16.3 Å². The van der Waals surface area contributed by atoms with Crippen LogP contribution >= 0.6 is 11.3 Å². The number of nitrogens with zero attached hydrogens (tertiary/aromatic N) is 2. The molecule has 29 heavy (non-hydrogen) atoms. The third kappa shape index (κ3) is 7.26. The van der Waals surface area contributed by atoms with Gasteiger partial charge in [-0.05, 0) is 20.8 Å². The van der Waals surface area contributed by atoms with E-state index < -0.39 is 51.5 Å². The SMILES string of the molecule is CC(NS(=O)(=O)O)C(NC(=O)/C(=N\OC(C)(C)C(N)=O)c1csc(N)n1)C(=O)O. The number of amides is 2. The Hall–Kier alpha value is -2.82. The number of carbonyl (C=O) groups is 3. The largest absolute Gasteiger partial charge is 0.480 e. The highest BCUT2D eigenvalue weighted by atomic mass is 32.2. The molecular formula is C13H20N6O8S2. The highest BCUT2D eigenvalue weighted by Gasteiger charge is 2.33. The highest BCUT2D eigenvalue weighted by molar-refractivity contribution is 7.83. The zero-order valence-electron chi connectivity index (χ0n) is 15.4. The van der Waals surface area contributed by atoms with Gasteiger partial charge in [0.1, 0.15) is 11.7 Å². The molecule has 2 atom stereocenters. The number of nitrogen functional groups attached to an aromatic ring is 1. The molecule has 1 aromatic heterocycles. The average molecular weight is 452 g/mol. The van der Waals surface area contributed by atoms with Gasteiger partial charge < -0.3 is 26.7 Å². The van der Waals surface area contributed by atoms with Gasteiger partial charge in [-0.15, -0.1) is 11.3 Å². The molecule has 14 nitrogen and oxygen atoms in total. The number of carboxylic acid groups (broad SMARTS) is 1. The average Bonchev–Trinajstić information content (AvgIpc) is 2.96. The van der Waals surface area contributed by atoms with Crippen molar-refractivity contribution in [2.75, 3.05) is 5.73 Å². The molecule has 0 fully saturated rings. The number of oxime groups is 1. The van der Waals surface area contributed by atoms with Gasteiger partial charge in [0.25, 0.3) is 11.8 Å². The van der Waals surface area contributed by atoms with Crippen molar-refractivity contribution in [3.63, 3.8) is 0 Å². The van der Waals surface area contributed by atoms with Crippen LogP contribution in [0.4, 0.5) is 5.13 Å². The van der Waals surface area contributed by atoms with E-state index >= 15 is 0 Å². The summed E-state index contributed by atoms with van der Waals surface area (Å²) < 4.78 is 32.3. The molecule has 16 heteroatoms. The van der Waals surface area contributed by atoms with Crippen LogP contribution in [0.5, 0.6) is 0 Å². The van der Waals surface area contributed by atoms with Crippen molar-refractivity contribution in [1.29, 1.82) is 0 Å². The van der Waals surface area contributed by atoms with Crippen LogP contribution in [-0.2, 0) is 29.5 Å². The fourth-order valence-corrected chi connectivity index (χ4v) is 2.87. The summed E-state index contributed by atoms with van der Waals surface area (Å²) in [7, 11) is -4.74. The van der Waals surface area contributed by atoms with E-state index in [1.54, 1.807) is 4.72 Å². The lowest BCUT2D eigenvalue weighted by Gasteiger charge is -2.22. The molecule has 8 N–H and O–H groups in total. The summed E-state index contributed by atoms with van der Waals surface area (Å²) in [6, 6.07) is -3.26. The van der Waals surface area contributed by atoms with Gasteiger partial charge in [-0.25, -0.2) is 9.78 Å². The number of thiazole rings is 1. The first-order valence-corrected chi connectivity index (χ1v) is 10.0. The number of primary amides is 1. The molecule has 162 valence electrons. The number of carbonyl (C=O) groups excluding carboxylic acids is 2. The molecule has 2 amide bonds. The molecular weight excluding hydrogens is 432 g/mol. The third-order valence-electron chi connectivity index (χ3n) is 3.33. The van der Waals surface area contributed by atoms with E-state index in [-0.39, 0.29) is 10.8 Å². The van der Waals surface area contributed by atoms with Crippen LogP contribution in [0.1, 0.15) is 26.5 Å². The van der Waals surface area contributed by atoms with Gasteiger partial charge in [0, 0.05) is 5.38 Å². The first-order valence-electron chi connectivity index (χ1n) is 7.70. The molecule has 0 bridgehead atoms. The summed E-state index contributed by atoms with van der Waals surface area (Å²) in [4.78, 5) is 44.2. The molecule has 1 rings (SSSR count). The van der Waals surface area contributed by atoms with Gasteiger partial charge in [0.05, 0.1) is 6.04 Å². The predicted octanol–water partition coefficient (Wildman–Crippen LogP) is -1.94. The Morgan fingerprint density at radius 1 is 1.38 bits per heavy atom. The van der Waals surface area contributed by atoms with E-state index in [1.807, 2.05) is 5.32 Å². The lowest BCUT2D eigenvalue weighted by Crippen LogP contribution is -2.55. The molecule has 2 unspecified atom stereocenters. The zero-order valence-corrected chi connectivity index (χ0v) is 17.1. The van der Waals surface area contributed by atoms with Gasteiger partial charge in [0.15, 0.2) is 10.8 Å². The van der Waals surface area contributed by atoms with Gasteiger partial charge in [-0.1, -0.05) is 5.16 Å². The highest BCUT2D eigenvalue weighted by Crippen LogP contribution is 2.15. The summed E-state index contributed by atoms with van der Waals surface area (Å²) >= 11 is 0.947. The summed E-state index contributed by atoms with van der Waals surface area (Å²) in [5.41, 5.74) is 8.43. The van der Waals surface area contributed by atoms with Crippen LogP contribution in [0, 0.1) is 0 Å². The minimum atomic E-state index is -4.74. The minimum Gasteiger partial charge on any atom is -0.480 e. The topological polar surface area (TPSA) is 236 Å². The van der Waals surface area contributed by atoms with E-state index in [4.69, 9.17) is 20.9 Å². The molecule has 0 aliphatic rings. The maximum atomic E-state index is 12.6. The maximum Gasteiger partial charge on any atom is 0.333 e. The number of hydrogen-bond donors (Lipinski definition) is 6. The molecule has 0 saturated heterocycles. The fraction of sp³-hybridized carbons (Fsp3) is 0.462. The van der Waals surface area contributed by atoms with Crippen LogP contribution < -0.4 is 21.5 Å². The molecule has 0 saturated carbocycles.